The third kappa shape index (κ3) is 5.97. The van der Waals surface area contributed by atoms with Crippen LogP contribution in [0.5, 0.6) is 0 Å². The van der Waals surface area contributed by atoms with Gasteiger partial charge in [0.1, 0.15) is 0 Å². The maximum absolute atomic E-state index is 12.2. The molecule has 0 bridgehead atoms. The zero-order valence-corrected chi connectivity index (χ0v) is 20.6. The number of carbonyl (C=O) groups is 1. The second-order valence-corrected chi connectivity index (χ2v) is 10.4. The van der Waals surface area contributed by atoms with Crippen LogP contribution in [0.25, 0.3) is 0 Å². The number of carbonyl (C=O) groups excluding carboxylic acids is 1. The molecule has 6 heteroatoms. The average molecular weight is 453 g/mol. The number of amides is 1. The van der Waals surface area contributed by atoms with Crippen LogP contribution in [-0.2, 0) is 17.8 Å². The maximum atomic E-state index is 12.2. The van der Waals surface area contributed by atoms with E-state index >= 15 is 0 Å². The first-order chi connectivity index (χ1) is 16.0. The molecule has 1 amide bonds. The van der Waals surface area contributed by atoms with Gasteiger partial charge in [-0.1, -0.05) is 57.0 Å². The Hall–Kier alpha value is -2.34. The highest BCUT2D eigenvalue weighted by Crippen LogP contribution is 2.47. The lowest BCUT2D eigenvalue weighted by Crippen LogP contribution is -2.58. The van der Waals surface area contributed by atoms with Crippen LogP contribution < -0.4 is 10.2 Å². The van der Waals surface area contributed by atoms with Gasteiger partial charge in [0, 0.05) is 50.4 Å². The van der Waals surface area contributed by atoms with Crippen LogP contribution in [0.3, 0.4) is 0 Å². The van der Waals surface area contributed by atoms with E-state index in [9.17, 15) is 4.79 Å². The van der Waals surface area contributed by atoms with Crippen molar-refractivity contribution in [2.75, 3.05) is 31.1 Å². The molecule has 33 heavy (non-hydrogen) atoms. The van der Waals surface area contributed by atoms with Gasteiger partial charge in [0.15, 0.2) is 5.76 Å². The van der Waals surface area contributed by atoms with Crippen LogP contribution in [0.4, 0.5) is 5.69 Å². The van der Waals surface area contributed by atoms with Gasteiger partial charge in [-0.3, -0.25) is 9.69 Å². The summed E-state index contributed by atoms with van der Waals surface area (Å²) in [6, 6.07) is 13.0. The molecule has 1 aliphatic carbocycles. The zero-order valence-electron chi connectivity index (χ0n) is 20.6. The molecule has 2 aromatic rings. The molecule has 2 unspecified atom stereocenters. The van der Waals surface area contributed by atoms with Crippen molar-refractivity contribution in [1.82, 2.24) is 15.4 Å². The molecule has 1 aromatic carbocycles. The fourth-order valence-corrected chi connectivity index (χ4v) is 5.21. The highest BCUT2D eigenvalue weighted by atomic mass is 16.5. The molecular weight excluding hydrogens is 412 g/mol. The molecular formula is C27H40N4O2. The lowest BCUT2D eigenvalue weighted by molar-refractivity contribution is -0.125. The first-order valence-corrected chi connectivity index (χ1v) is 12.7. The molecule has 2 heterocycles. The van der Waals surface area contributed by atoms with Crippen molar-refractivity contribution in [3.63, 3.8) is 0 Å². The van der Waals surface area contributed by atoms with Gasteiger partial charge in [0.2, 0.25) is 5.91 Å². The van der Waals surface area contributed by atoms with Crippen molar-refractivity contribution >= 4 is 11.6 Å². The minimum Gasteiger partial charge on any atom is -0.369 e. The Kier molecular flexibility index (Phi) is 7.74. The fourth-order valence-electron chi connectivity index (χ4n) is 5.21. The molecule has 0 spiro atoms. The molecule has 1 saturated heterocycles. The van der Waals surface area contributed by atoms with Crippen molar-refractivity contribution in [2.24, 2.45) is 11.3 Å². The SMILES string of the molecule is CCCCCC(=O)NC1CC(Cc2cc(CN3CCN(c4ccccc4)CC3)on2)C1(C)C. The Balaban J connectivity index is 1.21. The normalized spacial score (nSPS) is 22.7. The van der Waals surface area contributed by atoms with Crippen LogP contribution in [0, 0.1) is 11.3 Å². The summed E-state index contributed by atoms with van der Waals surface area (Å²) in [5.74, 6) is 1.68. The van der Waals surface area contributed by atoms with Crippen LogP contribution in [0.2, 0.25) is 0 Å². The largest absolute Gasteiger partial charge is 0.369 e. The monoisotopic (exact) mass is 452 g/mol. The van der Waals surface area contributed by atoms with Gasteiger partial charge in [-0.05, 0) is 42.7 Å². The number of para-hydroxylation sites is 1. The highest BCUT2D eigenvalue weighted by molar-refractivity contribution is 5.76. The van der Waals surface area contributed by atoms with Gasteiger partial charge in [0.05, 0.1) is 12.2 Å². The molecule has 1 aromatic heterocycles. The Bertz CT molecular complexity index is 887. The predicted molar refractivity (Wildman–Crippen MR) is 132 cm³/mol. The van der Waals surface area contributed by atoms with E-state index in [-0.39, 0.29) is 17.4 Å². The van der Waals surface area contributed by atoms with E-state index in [1.54, 1.807) is 0 Å². The number of nitrogens with one attached hydrogen (secondary N) is 1. The van der Waals surface area contributed by atoms with Crippen molar-refractivity contribution in [2.45, 2.75) is 71.9 Å². The first-order valence-electron chi connectivity index (χ1n) is 12.7. The molecule has 0 radical (unpaired) electrons. The summed E-state index contributed by atoms with van der Waals surface area (Å²) >= 11 is 0. The number of anilines is 1. The van der Waals surface area contributed by atoms with E-state index in [0.717, 1.165) is 76.3 Å². The minimum atomic E-state index is 0.0906. The zero-order chi connectivity index (χ0) is 23.3. The smallest absolute Gasteiger partial charge is 0.220 e. The minimum absolute atomic E-state index is 0.0906. The second-order valence-electron chi connectivity index (χ2n) is 10.4. The number of piperazine rings is 1. The number of hydrogen-bond acceptors (Lipinski definition) is 5. The van der Waals surface area contributed by atoms with E-state index in [2.05, 4.69) is 77.4 Å². The highest BCUT2D eigenvalue weighted by Gasteiger charge is 2.48. The number of unbranched alkanes of at least 4 members (excludes halogenated alkanes) is 2. The van der Waals surface area contributed by atoms with E-state index < -0.39 is 0 Å². The van der Waals surface area contributed by atoms with Gasteiger partial charge < -0.3 is 14.7 Å². The third-order valence-electron chi connectivity index (χ3n) is 7.75. The Morgan fingerprint density at radius 3 is 2.61 bits per heavy atom. The lowest BCUT2D eigenvalue weighted by atomic mass is 9.57. The summed E-state index contributed by atoms with van der Waals surface area (Å²) < 4.78 is 5.69. The van der Waals surface area contributed by atoms with Gasteiger partial charge in [-0.25, -0.2) is 0 Å². The van der Waals surface area contributed by atoms with Gasteiger partial charge in [-0.15, -0.1) is 0 Å². The van der Waals surface area contributed by atoms with Gasteiger partial charge in [0.25, 0.3) is 0 Å². The molecule has 4 rings (SSSR count). The molecule has 6 nitrogen and oxygen atoms in total. The number of nitrogens with zero attached hydrogens (tertiary/aromatic N) is 3. The van der Waals surface area contributed by atoms with Crippen LogP contribution in [-0.4, -0.2) is 48.2 Å². The number of benzene rings is 1. The summed E-state index contributed by atoms with van der Waals surface area (Å²) in [5.41, 5.74) is 2.43. The van der Waals surface area contributed by atoms with Crippen molar-refractivity contribution < 1.29 is 9.32 Å². The third-order valence-corrected chi connectivity index (χ3v) is 7.75. The quantitative estimate of drug-likeness (QED) is 0.532. The standard InChI is InChI=1S/C27H40N4O2/c1-4-5-7-12-26(32)28-25-18-21(27(25,2)3)17-22-19-24(33-29-22)20-30-13-15-31(16-14-30)23-10-8-6-9-11-23/h6,8-11,19,21,25H,4-5,7,12-18,20H2,1-3H3,(H,28,32). The molecule has 2 aliphatic rings. The van der Waals surface area contributed by atoms with Crippen molar-refractivity contribution in [1.29, 1.82) is 0 Å². The van der Waals surface area contributed by atoms with Crippen LogP contribution in [0.15, 0.2) is 40.9 Å². The molecule has 2 fully saturated rings. The topological polar surface area (TPSA) is 61.6 Å². The summed E-state index contributed by atoms with van der Waals surface area (Å²) in [6.07, 6.45) is 5.85. The van der Waals surface area contributed by atoms with Crippen molar-refractivity contribution in [3.8, 4) is 0 Å². The fraction of sp³-hybridized carbons (Fsp3) is 0.630. The average Bonchev–Trinajstić information content (AvgIpc) is 3.26. The first kappa shape index (κ1) is 23.8. The molecule has 1 saturated carbocycles. The van der Waals surface area contributed by atoms with Crippen molar-refractivity contribution in [3.05, 3.63) is 47.9 Å². The second kappa shape index (κ2) is 10.7. The summed E-state index contributed by atoms with van der Waals surface area (Å²) in [7, 11) is 0. The molecule has 2 atom stereocenters. The Morgan fingerprint density at radius 2 is 1.91 bits per heavy atom. The predicted octanol–water partition coefficient (Wildman–Crippen LogP) is 4.65. The molecule has 180 valence electrons. The molecule has 1 N–H and O–H groups in total. The number of hydrogen-bond donors (Lipinski definition) is 1. The Labute approximate surface area is 198 Å². The summed E-state index contributed by atoms with van der Waals surface area (Å²) in [5, 5.41) is 7.63. The van der Waals surface area contributed by atoms with Crippen LogP contribution >= 0.6 is 0 Å². The summed E-state index contributed by atoms with van der Waals surface area (Å²) in [6.45, 7) is 11.6. The number of rotatable bonds is 10. The van der Waals surface area contributed by atoms with Crippen LogP contribution in [0.1, 0.15) is 64.3 Å². The van der Waals surface area contributed by atoms with Gasteiger partial charge >= 0.3 is 0 Å². The van der Waals surface area contributed by atoms with Gasteiger partial charge in [-0.2, -0.15) is 0 Å². The Morgan fingerprint density at radius 1 is 1.15 bits per heavy atom. The lowest BCUT2D eigenvalue weighted by Gasteiger charge is -2.52. The summed E-state index contributed by atoms with van der Waals surface area (Å²) in [4.78, 5) is 17.1. The number of aromatic nitrogens is 1. The molecule has 1 aliphatic heterocycles. The van der Waals surface area contributed by atoms with E-state index in [1.165, 1.54) is 5.69 Å². The van der Waals surface area contributed by atoms with E-state index in [4.69, 9.17) is 4.52 Å². The van der Waals surface area contributed by atoms with E-state index in [1.807, 2.05) is 0 Å². The van der Waals surface area contributed by atoms with E-state index in [0.29, 0.717) is 12.3 Å². The maximum Gasteiger partial charge on any atom is 0.220 e.